The molecular weight excluding hydrogens is 190 g/mol. The van der Waals surface area contributed by atoms with E-state index >= 15 is 0 Å². The topological polar surface area (TPSA) is 68.0 Å². The van der Waals surface area contributed by atoms with Crippen molar-refractivity contribution in [3.8, 4) is 0 Å². The van der Waals surface area contributed by atoms with Crippen molar-refractivity contribution in [1.82, 2.24) is 4.98 Å². The predicted molar refractivity (Wildman–Crippen MR) is 61.4 cm³/mol. The molecule has 0 bridgehead atoms. The summed E-state index contributed by atoms with van der Waals surface area (Å²) in [5.74, 6) is 0.420. The van der Waals surface area contributed by atoms with E-state index in [4.69, 9.17) is 5.73 Å². The Kier molecular flexibility index (Phi) is 4.09. The number of anilines is 2. The van der Waals surface area contributed by atoms with Crippen LogP contribution in [0, 0.1) is 5.92 Å². The largest absolute Gasteiger partial charge is 0.396 e. The van der Waals surface area contributed by atoms with Crippen molar-refractivity contribution >= 4 is 17.4 Å². The highest BCUT2D eigenvalue weighted by atomic mass is 16.1. The summed E-state index contributed by atoms with van der Waals surface area (Å²) in [7, 11) is 0. The van der Waals surface area contributed by atoms with Crippen molar-refractivity contribution in [3.63, 3.8) is 0 Å². The lowest BCUT2D eigenvalue weighted by molar-refractivity contribution is -0.119. The van der Waals surface area contributed by atoms with Gasteiger partial charge in [0.15, 0.2) is 5.82 Å². The Labute approximate surface area is 89.9 Å². The van der Waals surface area contributed by atoms with Crippen LogP contribution in [0.2, 0.25) is 0 Å². The van der Waals surface area contributed by atoms with Gasteiger partial charge in [0, 0.05) is 12.1 Å². The zero-order valence-corrected chi connectivity index (χ0v) is 9.16. The van der Waals surface area contributed by atoms with Gasteiger partial charge in [0.2, 0.25) is 5.91 Å². The highest BCUT2D eigenvalue weighted by molar-refractivity contribution is 5.93. The molecule has 0 aliphatic heterocycles. The van der Waals surface area contributed by atoms with Crippen LogP contribution in [0.25, 0.3) is 0 Å². The minimum absolute atomic E-state index is 0.00333. The van der Waals surface area contributed by atoms with Crippen LogP contribution in [0.5, 0.6) is 0 Å². The van der Waals surface area contributed by atoms with E-state index in [2.05, 4.69) is 17.2 Å². The summed E-state index contributed by atoms with van der Waals surface area (Å²) in [6.45, 7) is 3.96. The molecule has 3 N–H and O–H groups in total. The zero-order chi connectivity index (χ0) is 11.3. The number of rotatable bonds is 4. The van der Waals surface area contributed by atoms with Gasteiger partial charge < -0.3 is 11.1 Å². The quantitative estimate of drug-likeness (QED) is 0.793. The van der Waals surface area contributed by atoms with Crippen molar-refractivity contribution in [2.24, 2.45) is 5.92 Å². The molecule has 1 rings (SSSR count). The van der Waals surface area contributed by atoms with Gasteiger partial charge in [-0.2, -0.15) is 0 Å². The van der Waals surface area contributed by atoms with Crippen LogP contribution in [0.3, 0.4) is 0 Å². The minimum atomic E-state index is -0.0257. The van der Waals surface area contributed by atoms with Crippen LogP contribution < -0.4 is 11.1 Å². The first-order valence-electron chi connectivity index (χ1n) is 5.16. The molecule has 1 amide bonds. The first-order valence-corrected chi connectivity index (χ1v) is 5.16. The van der Waals surface area contributed by atoms with Gasteiger partial charge >= 0.3 is 0 Å². The molecule has 1 heterocycles. The summed E-state index contributed by atoms with van der Waals surface area (Å²) < 4.78 is 0. The molecule has 1 unspecified atom stereocenters. The van der Waals surface area contributed by atoms with E-state index in [0.717, 1.165) is 12.8 Å². The van der Waals surface area contributed by atoms with Crippen LogP contribution in [0.1, 0.15) is 26.7 Å². The zero-order valence-electron chi connectivity index (χ0n) is 9.16. The van der Waals surface area contributed by atoms with Gasteiger partial charge in [-0.25, -0.2) is 4.98 Å². The number of amides is 1. The van der Waals surface area contributed by atoms with Gasteiger partial charge in [-0.05, 0) is 18.6 Å². The molecule has 0 radical (unpaired) electrons. The Morgan fingerprint density at radius 2 is 2.40 bits per heavy atom. The third-order valence-corrected chi connectivity index (χ3v) is 2.25. The second-order valence-electron chi connectivity index (χ2n) is 3.62. The number of nitrogens with zero attached hydrogens (tertiary/aromatic N) is 1. The Balaban J connectivity index is 2.62. The minimum Gasteiger partial charge on any atom is -0.396 e. The number of hydrogen-bond donors (Lipinski definition) is 2. The van der Waals surface area contributed by atoms with Crippen molar-refractivity contribution in [2.75, 3.05) is 11.1 Å². The first kappa shape index (κ1) is 11.5. The summed E-state index contributed by atoms with van der Waals surface area (Å²) in [6, 6.07) is 3.45. The first-order chi connectivity index (χ1) is 7.15. The number of hydrogen-bond acceptors (Lipinski definition) is 3. The molecule has 0 aromatic carbocycles. The fourth-order valence-corrected chi connectivity index (χ4v) is 1.33. The van der Waals surface area contributed by atoms with E-state index in [1.807, 2.05) is 6.92 Å². The normalized spacial score (nSPS) is 12.1. The van der Waals surface area contributed by atoms with Crippen molar-refractivity contribution in [3.05, 3.63) is 18.3 Å². The average molecular weight is 207 g/mol. The highest BCUT2D eigenvalue weighted by Gasteiger charge is 2.13. The summed E-state index contributed by atoms with van der Waals surface area (Å²) in [6.07, 6.45) is 3.47. The van der Waals surface area contributed by atoms with E-state index in [1.165, 1.54) is 0 Å². The lowest BCUT2D eigenvalue weighted by atomic mass is 10.1. The fraction of sp³-hybridized carbons (Fsp3) is 0.455. The smallest absolute Gasteiger partial charge is 0.228 e. The van der Waals surface area contributed by atoms with Gasteiger partial charge in [0.1, 0.15) is 0 Å². The number of aromatic nitrogens is 1. The highest BCUT2D eigenvalue weighted by Crippen LogP contribution is 2.15. The van der Waals surface area contributed by atoms with Crippen LogP contribution in [0.4, 0.5) is 11.5 Å². The number of carbonyl (C=O) groups excluding carboxylic acids is 1. The SMILES string of the molecule is CCCC(C)C(=O)Nc1ncccc1N. The lowest BCUT2D eigenvalue weighted by Gasteiger charge is -2.11. The monoisotopic (exact) mass is 207 g/mol. The number of nitrogen functional groups attached to an aromatic ring is 1. The predicted octanol–water partition coefficient (Wildman–Crippen LogP) is 2.04. The summed E-state index contributed by atoms with van der Waals surface area (Å²) in [5.41, 5.74) is 6.16. The number of pyridine rings is 1. The maximum Gasteiger partial charge on any atom is 0.228 e. The molecule has 0 spiro atoms. The lowest BCUT2D eigenvalue weighted by Crippen LogP contribution is -2.21. The van der Waals surface area contributed by atoms with Crippen molar-refractivity contribution < 1.29 is 4.79 Å². The van der Waals surface area contributed by atoms with E-state index in [9.17, 15) is 4.79 Å². The Bertz CT molecular complexity index is 338. The molecule has 1 aromatic heterocycles. The molecule has 0 aliphatic rings. The summed E-state index contributed by atoms with van der Waals surface area (Å²) in [5, 5.41) is 2.72. The van der Waals surface area contributed by atoms with Gasteiger partial charge in [-0.15, -0.1) is 0 Å². The molecule has 0 fully saturated rings. The molecule has 1 atom stereocenters. The fourth-order valence-electron chi connectivity index (χ4n) is 1.33. The van der Waals surface area contributed by atoms with E-state index in [1.54, 1.807) is 18.3 Å². The Hall–Kier alpha value is -1.58. The van der Waals surface area contributed by atoms with Crippen molar-refractivity contribution in [1.29, 1.82) is 0 Å². The molecule has 0 saturated heterocycles. The molecule has 0 aliphatic carbocycles. The molecule has 15 heavy (non-hydrogen) atoms. The molecular formula is C11H17N3O. The number of carbonyl (C=O) groups is 1. The maximum absolute atomic E-state index is 11.6. The number of nitrogens with one attached hydrogen (secondary N) is 1. The molecule has 1 aromatic rings. The number of nitrogens with two attached hydrogens (primary N) is 1. The standard InChI is InChI=1S/C11H17N3O/c1-3-5-8(2)11(15)14-10-9(12)6-4-7-13-10/h4,6-8H,3,5,12H2,1-2H3,(H,13,14,15). The average Bonchev–Trinajstić information content (AvgIpc) is 2.21. The van der Waals surface area contributed by atoms with E-state index in [-0.39, 0.29) is 11.8 Å². The molecule has 82 valence electrons. The van der Waals surface area contributed by atoms with Gasteiger partial charge in [-0.1, -0.05) is 20.3 Å². The van der Waals surface area contributed by atoms with Crippen LogP contribution in [-0.4, -0.2) is 10.9 Å². The van der Waals surface area contributed by atoms with Crippen LogP contribution in [0.15, 0.2) is 18.3 Å². The van der Waals surface area contributed by atoms with Crippen LogP contribution >= 0.6 is 0 Å². The summed E-state index contributed by atoms with van der Waals surface area (Å²) >= 11 is 0. The molecule has 0 saturated carbocycles. The third kappa shape index (κ3) is 3.23. The Morgan fingerprint density at radius 1 is 1.67 bits per heavy atom. The van der Waals surface area contributed by atoms with Gasteiger partial charge in [-0.3, -0.25) is 4.79 Å². The second kappa shape index (κ2) is 5.34. The molecule has 4 heteroatoms. The molecule has 4 nitrogen and oxygen atoms in total. The maximum atomic E-state index is 11.6. The van der Waals surface area contributed by atoms with Gasteiger partial charge in [0.05, 0.1) is 5.69 Å². The van der Waals surface area contributed by atoms with Gasteiger partial charge in [0.25, 0.3) is 0 Å². The van der Waals surface area contributed by atoms with E-state index in [0.29, 0.717) is 11.5 Å². The third-order valence-electron chi connectivity index (χ3n) is 2.25. The Morgan fingerprint density at radius 3 is 3.00 bits per heavy atom. The van der Waals surface area contributed by atoms with Crippen molar-refractivity contribution in [2.45, 2.75) is 26.7 Å². The van der Waals surface area contributed by atoms with Crippen LogP contribution in [-0.2, 0) is 4.79 Å². The second-order valence-corrected chi connectivity index (χ2v) is 3.62. The van der Waals surface area contributed by atoms with E-state index < -0.39 is 0 Å². The summed E-state index contributed by atoms with van der Waals surface area (Å²) in [4.78, 5) is 15.7.